The van der Waals surface area contributed by atoms with E-state index >= 15 is 0 Å². The van der Waals surface area contributed by atoms with Gasteiger partial charge >= 0.3 is 5.97 Å². The number of unbranched alkanes of at least 4 members (excludes halogenated alkanes) is 3. The van der Waals surface area contributed by atoms with Crippen LogP contribution >= 0.6 is 0 Å². The zero-order valence-corrected chi connectivity index (χ0v) is 10.7. The lowest BCUT2D eigenvalue weighted by Crippen LogP contribution is -2.42. The van der Waals surface area contributed by atoms with Gasteiger partial charge in [0, 0.05) is 0 Å². The van der Waals surface area contributed by atoms with Crippen LogP contribution in [-0.4, -0.2) is 23.7 Å². The predicted octanol–water partition coefficient (Wildman–Crippen LogP) is 2.97. The second-order valence-corrected chi connectivity index (χ2v) is 4.95. The fraction of sp³-hybridized carbons (Fsp3) is 0.786. The quantitative estimate of drug-likeness (QED) is 0.480. The summed E-state index contributed by atoms with van der Waals surface area (Å²) in [6, 6.07) is -0.322. The van der Waals surface area contributed by atoms with Gasteiger partial charge in [0.1, 0.15) is 6.04 Å². The molecule has 0 unspecified atom stereocenters. The molecular weight excluding hydrogens is 214 g/mol. The molecule has 0 aromatic rings. The molecule has 0 aliphatic heterocycles. The first-order chi connectivity index (χ1) is 8.25. The summed E-state index contributed by atoms with van der Waals surface area (Å²) in [6.45, 7) is 4.51. The van der Waals surface area contributed by atoms with E-state index in [4.69, 9.17) is 0 Å². The van der Waals surface area contributed by atoms with E-state index in [-0.39, 0.29) is 6.04 Å². The molecule has 3 heteroatoms. The number of carboxylic acid groups (broad SMARTS) is 1. The van der Waals surface area contributed by atoms with Crippen molar-refractivity contribution < 1.29 is 9.90 Å². The molecule has 0 aromatic carbocycles. The van der Waals surface area contributed by atoms with Crippen molar-refractivity contribution in [2.75, 3.05) is 6.54 Å². The zero-order valence-electron chi connectivity index (χ0n) is 10.7. The lowest BCUT2D eigenvalue weighted by Gasteiger charge is -2.20. The topological polar surface area (TPSA) is 49.3 Å². The minimum atomic E-state index is -0.678. The molecule has 0 radical (unpaired) electrons. The van der Waals surface area contributed by atoms with Crippen LogP contribution < -0.4 is 5.32 Å². The minimum Gasteiger partial charge on any atom is -0.480 e. The lowest BCUT2D eigenvalue weighted by atomic mass is 9.98. The van der Waals surface area contributed by atoms with E-state index in [1.165, 1.54) is 12.8 Å². The van der Waals surface area contributed by atoms with Gasteiger partial charge in [-0.05, 0) is 44.6 Å². The summed E-state index contributed by atoms with van der Waals surface area (Å²) in [5, 5.41) is 12.4. The van der Waals surface area contributed by atoms with Crippen LogP contribution in [-0.2, 0) is 4.79 Å². The van der Waals surface area contributed by atoms with Crippen molar-refractivity contribution in [1.82, 2.24) is 5.32 Å². The molecular formula is C14H25NO2. The van der Waals surface area contributed by atoms with Crippen molar-refractivity contribution in [1.29, 1.82) is 0 Å². The van der Waals surface area contributed by atoms with Gasteiger partial charge in [-0.15, -0.1) is 6.58 Å². The summed E-state index contributed by atoms with van der Waals surface area (Å²) in [6.07, 6.45) is 10.9. The highest BCUT2D eigenvalue weighted by molar-refractivity contribution is 5.73. The SMILES string of the molecule is C=CCCCCCN[C@H](C(=O)O)C1CCCC1. The summed E-state index contributed by atoms with van der Waals surface area (Å²) in [5.41, 5.74) is 0. The predicted molar refractivity (Wildman–Crippen MR) is 70.0 cm³/mol. The van der Waals surface area contributed by atoms with Crippen LogP contribution in [0, 0.1) is 5.92 Å². The molecule has 98 valence electrons. The van der Waals surface area contributed by atoms with Crippen molar-refractivity contribution in [2.45, 2.75) is 57.4 Å². The highest BCUT2D eigenvalue weighted by Gasteiger charge is 2.29. The van der Waals surface area contributed by atoms with Gasteiger partial charge in [0.05, 0.1) is 0 Å². The molecule has 0 aromatic heterocycles. The first-order valence-corrected chi connectivity index (χ1v) is 6.82. The van der Waals surface area contributed by atoms with Crippen LogP contribution in [0.4, 0.5) is 0 Å². The Bertz CT molecular complexity index is 234. The molecule has 1 aliphatic rings. The monoisotopic (exact) mass is 239 g/mol. The van der Waals surface area contributed by atoms with Gasteiger partial charge < -0.3 is 10.4 Å². The average Bonchev–Trinajstić information content (AvgIpc) is 2.81. The standard InChI is InChI=1S/C14H25NO2/c1-2-3-4-5-8-11-15-13(14(16)17)12-9-6-7-10-12/h2,12-13,15H,1,3-11H2,(H,16,17)/t13-/m0/s1. The number of aliphatic carboxylic acids is 1. The Kier molecular flexibility index (Phi) is 6.94. The number of allylic oxidation sites excluding steroid dienone is 1. The smallest absolute Gasteiger partial charge is 0.320 e. The van der Waals surface area contributed by atoms with Gasteiger partial charge in [0.2, 0.25) is 0 Å². The maximum Gasteiger partial charge on any atom is 0.320 e. The highest BCUT2D eigenvalue weighted by atomic mass is 16.4. The van der Waals surface area contributed by atoms with Gasteiger partial charge in [0.25, 0.3) is 0 Å². The zero-order chi connectivity index (χ0) is 12.5. The van der Waals surface area contributed by atoms with E-state index in [2.05, 4.69) is 11.9 Å². The fourth-order valence-corrected chi connectivity index (χ4v) is 2.59. The summed E-state index contributed by atoms with van der Waals surface area (Å²) in [7, 11) is 0. The first-order valence-electron chi connectivity index (χ1n) is 6.82. The van der Waals surface area contributed by atoms with Crippen molar-refractivity contribution in [3.8, 4) is 0 Å². The maximum absolute atomic E-state index is 11.2. The Morgan fingerprint density at radius 1 is 1.35 bits per heavy atom. The Morgan fingerprint density at radius 3 is 2.65 bits per heavy atom. The van der Waals surface area contributed by atoms with E-state index in [9.17, 15) is 9.90 Å². The third-order valence-electron chi connectivity index (χ3n) is 3.59. The number of carboxylic acids is 1. The molecule has 1 atom stereocenters. The molecule has 17 heavy (non-hydrogen) atoms. The first kappa shape index (κ1) is 14.2. The van der Waals surface area contributed by atoms with Gasteiger partial charge in [-0.2, -0.15) is 0 Å². The summed E-state index contributed by atoms with van der Waals surface area (Å²) < 4.78 is 0. The van der Waals surface area contributed by atoms with Crippen LogP contribution in [0.2, 0.25) is 0 Å². The van der Waals surface area contributed by atoms with Gasteiger partial charge in [-0.1, -0.05) is 25.3 Å². The fourth-order valence-electron chi connectivity index (χ4n) is 2.59. The molecule has 3 nitrogen and oxygen atoms in total. The molecule has 0 heterocycles. The van der Waals surface area contributed by atoms with Crippen LogP contribution in [0.25, 0.3) is 0 Å². The molecule has 0 saturated heterocycles. The van der Waals surface area contributed by atoms with Crippen LogP contribution in [0.5, 0.6) is 0 Å². The Labute approximate surface area is 104 Å². The number of hydrogen-bond acceptors (Lipinski definition) is 2. The largest absolute Gasteiger partial charge is 0.480 e. The number of rotatable bonds is 9. The Hall–Kier alpha value is -0.830. The van der Waals surface area contributed by atoms with E-state index in [0.29, 0.717) is 5.92 Å². The molecule has 1 rings (SSSR count). The molecule has 0 spiro atoms. The van der Waals surface area contributed by atoms with Crippen molar-refractivity contribution in [3.05, 3.63) is 12.7 Å². The Morgan fingerprint density at radius 2 is 2.06 bits per heavy atom. The summed E-state index contributed by atoms with van der Waals surface area (Å²) >= 11 is 0. The second kappa shape index (κ2) is 8.29. The Balaban J connectivity index is 2.16. The average molecular weight is 239 g/mol. The normalized spacial score (nSPS) is 18.1. The van der Waals surface area contributed by atoms with E-state index < -0.39 is 5.97 Å². The van der Waals surface area contributed by atoms with Crippen LogP contribution in [0.15, 0.2) is 12.7 Å². The third-order valence-corrected chi connectivity index (χ3v) is 3.59. The maximum atomic E-state index is 11.2. The molecule has 1 fully saturated rings. The van der Waals surface area contributed by atoms with Crippen molar-refractivity contribution >= 4 is 5.97 Å². The summed E-state index contributed by atoms with van der Waals surface area (Å²) in [5.74, 6) is -0.330. The number of nitrogens with one attached hydrogen (secondary N) is 1. The van der Waals surface area contributed by atoms with Crippen molar-refractivity contribution in [3.63, 3.8) is 0 Å². The second-order valence-electron chi connectivity index (χ2n) is 4.95. The van der Waals surface area contributed by atoms with E-state index in [0.717, 1.165) is 45.1 Å². The number of hydrogen-bond donors (Lipinski definition) is 2. The molecule has 2 N–H and O–H groups in total. The van der Waals surface area contributed by atoms with E-state index in [1.54, 1.807) is 0 Å². The third kappa shape index (κ3) is 5.35. The lowest BCUT2D eigenvalue weighted by molar-refractivity contribution is -0.140. The van der Waals surface area contributed by atoms with Crippen molar-refractivity contribution in [2.24, 2.45) is 5.92 Å². The number of carbonyl (C=O) groups is 1. The highest BCUT2D eigenvalue weighted by Crippen LogP contribution is 2.27. The van der Waals surface area contributed by atoms with Gasteiger partial charge in [-0.25, -0.2) is 0 Å². The van der Waals surface area contributed by atoms with Crippen LogP contribution in [0.3, 0.4) is 0 Å². The summed E-state index contributed by atoms with van der Waals surface area (Å²) in [4.78, 5) is 11.2. The molecule has 1 saturated carbocycles. The van der Waals surface area contributed by atoms with Gasteiger partial charge in [0.15, 0.2) is 0 Å². The van der Waals surface area contributed by atoms with Gasteiger partial charge in [-0.3, -0.25) is 4.79 Å². The molecule has 0 amide bonds. The van der Waals surface area contributed by atoms with Crippen LogP contribution in [0.1, 0.15) is 51.4 Å². The molecule has 1 aliphatic carbocycles. The molecule has 0 bridgehead atoms. The minimum absolute atomic E-state index is 0.322. The van der Waals surface area contributed by atoms with E-state index in [1.807, 2.05) is 6.08 Å².